The van der Waals surface area contributed by atoms with E-state index in [1.54, 1.807) is 21.6 Å². The number of esters is 1. The summed E-state index contributed by atoms with van der Waals surface area (Å²) in [7, 11) is 0.222. The number of nitrogens with two attached hydrogens (primary N) is 2. The van der Waals surface area contributed by atoms with E-state index in [-0.39, 0.29) is 6.29 Å². The number of rotatable bonds is 11. The summed E-state index contributed by atoms with van der Waals surface area (Å²) in [5.74, 6) is -0.0883. The highest BCUT2D eigenvalue weighted by atomic mass is 33.1. The summed E-state index contributed by atoms with van der Waals surface area (Å²) in [6.07, 6.45) is -7.28. The molecule has 0 aromatic carbocycles. The standard InChI is InChI=1S/C6H10O7.C4H12N2S2.C4H6O2.H2O4S/c7-1-2(8)3(9)4(10)5(11)6(12)13;5-1-3-7-8-4-2-6;1-3-4(5)6-2;1-5(2,3)4/h1-5,8-11H,(H,12,13);1-6H2;3H,1H2,2H3;(H2,1,2,3,4). The third kappa shape index (κ3) is 33.3. The van der Waals surface area contributed by atoms with Gasteiger partial charge in [-0.1, -0.05) is 28.2 Å². The molecule has 0 saturated heterocycles. The molecule has 0 radical (unpaired) electrons. The zero-order valence-corrected chi connectivity index (χ0v) is 19.4. The predicted molar refractivity (Wildman–Crippen MR) is 117 cm³/mol. The van der Waals surface area contributed by atoms with Gasteiger partial charge >= 0.3 is 22.3 Å². The van der Waals surface area contributed by atoms with Crippen LogP contribution in [0.5, 0.6) is 0 Å². The molecule has 0 bridgehead atoms. The number of hydrogen-bond donors (Lipinski definition) is 9. The molecule has 0 aromatic heterocycles. The molecule has 18 heteroatoms. The first-order chi connectivity index (χ1) is 14.6. The predicted octanol–water partition coefficient (Wildman–Crippen LogP) is -3.31. The van der Waals surface area contributed by atoms with E-state index >= 15 is 0 Å². The SMILES string of the molecule is C=CC(=O)OC.NCCSSCCN.O=CC(O)C(O)C(O)C(O)C(=O)O.O=S(=O)(O)O. The van der Waals surface area contributed by atoms with E-state index in [1.165, 1.54) is 7.11 Å². The van der Waals surface area contributed by atoms with Crippen molar-refractivity contribution in [2.24, 2.45) is 11.5 Å². The molecular weight excluding hydrogens is 500 g/mol. The molecular formula is C14H30N2O13S3. The van der Waals surface area contributed by atoms with Crippen LogP contribution in [-0.2, 0) is 29.5 Å². The highest BCUT2D eigenvalue weighted by Gasteiger charge is 2.34. The largest absolute Gasteiger partial charge is 0.479 e. The fourth-order valence-electron chi connectivity index (χ4n) is 0.913. The first-order valence-electron chi connectivity index (χ1n) is 8.09. The van der Waals surface area contributed by atoms with Crippen molar-refractivity contribution in [2.75, 3.05) is 31.7 Å². The highest BCUT2D eigenvalue weighted by molar-refractivity contribution is 8.76. The summed E-state index contributed by atoms with van der Waals surface area (Å²) in [6, 6.07) is 0. The Kier molecular flexibility index (Phi) is 28.9. The zero-order valence-electron chi connectivity index (χ0n) is 17.0. The van der Waals surface area contributed by atoms with Gasteiger partial charge in [0.15, 0.2) is 12.4 Å². The molecule has 0 fully saturated rings. The number of aliphatic hydroxyl groups excluding tert-OH is 4. The minimum atomic E-state index is -4.67. The Balaban J connectivity index is -0.000000177. The van der Waals surface area contributed by atoms with Gasteiger partial charge in [0.25, 0.3) is 0 Å². The lowest BCUT2D eigenvalue weighted by atomic mass is 10.0. The second-order valence-corrected chi connectivity index (χ2v) is 8.39. The Morgan fingerprint density at radius 1 is 1.03 bits per heavy atom. The van der Waals surface area contributed by atoms with E-state index in [2.05, 4.69) is 11.3 Å². The van der Waals surface area contributed by atoms with Gasteiger partial charge in [0.05, 0.1) is 7.11 Å². The van der Waals surface area contributed by atoms with Gasteiger partial charge in [-0.3, -0.25) is 9.11 Å². The highest BCUT2D eigenvalue weighted by Crippen LogP contribution is 2.18. The van der Waals surface area contributed by atoms with E-state index in [1.807, 2.05) is 0 Å². The third-order valence-corrected chi connectivity index (χ3v) is 4.74. The molecule has 4 atom stereocenters. The second kappa shape index (κ2) is 24.3. The summed E-state index contributed by atoms with van der Waals surface area (Å²) in [5.41, 5.74) is 10.5. The van der Waals surface area contributed by atoms with Crippen molar-refractivity contribution in [3.63, 3.8) is 0 Å². The van der Waals surface area contributed by atoms with Gasteiger partial charge in [-0.25, -0.2) is 9.59 Å². The molecule has 11 N–H and O–H groups in total. The van der Waals surface area contributed by atoms with Gasteiger partial charge in [-0.05, 0) is 0 Å². The van der Waals surface area contributed by atoms with Crippen LogP contribution in [0.1, 0.15) is 0 Å². The van der Waals surface area contributed by atoms with E-state index in [0.29, 0.717) is 0 Å². The number of ether oxygens (including phenoxy) is 1. The van der Waals surface area contributed by atoms with Crippen molar-refractivity contribution in [3.8, 4) is 0 Å². The normalized spacial score (nSPS) is 13.7. The molecule has 0 amide bonds. The molecule has 0 heterocycles. The number of aliphatic hydroxyl groups is 4. The smallest absolute Gasteiger partial charge is 0.394 e. The number of carbonyl (C=O) groups excluding carboxylic acids is 2. The summed E-state index contributed by atoms with van der Waals surface area (Å²) in [5, 5.41) is 43.2. The monoisotopic (exact) mass is 530 g/mol. The molecule has 0 aliphatic heterocycles. The molecule has 0 aromatic rings. The van der Waals surface area contributed by atoms with Crippen LogP contribution in [0.2, 0.25) is 0 Å². The number of aldehydes is 1. The Labute approximate surface area is 192 Å². The topological polar surface area (TPSA) is 288 Å². The number of carbonyl (C=O) groups is 3. The maximum atomic E-state index is 10.1. The Hall–Kier alpha value is -1.32. The average Bonchev–Trinajstić information content (AvgIpc) is 2.73. The van der Waals surface area contributed by atoms with E-state index in [4.69, 9.17) is 54.5 Å². The van der Waals surface area contributed by atoms with Crippen molar-refractivity contribution in [1.82, 2.24) is 0 Å². The molecule has 4 unspecified atom stereocenters. The maximum absolute atomic E-state index is 10.1. The summed E-state index contributed by atoms with van der Waals surface area (Å²) >= 11 is 0. The van der Waals surface area contributed by atoms with Crippen LogP contribution in [0, 0.1) is 0 Å². The summed E-state index contributed by atoms with van der Waals surface area (Å²) in [6.45, 7) is 4.69. The molecule has 0 rings (SSSR count). The number of aliphatic carboxylic acids is 1. The number of carboxylic acids is 1. The number of methoxy groups -OCH3 is 1. The van der Waals surface area contributed by atoms with Gasteiger partial charge in [0.2, 0.25) is 0 Å². The Morgan fingerprint density at radius 2 is 1.41 bits per heavy atom. The zero-order chi connectivity index (χ0) is 26.3. The minimum absolute atomic E-state index is 0.0809. The van der Waals surface area contributed by atoms with Crippen LogP contribution in [0.25, 0.3) is 0 Å². The lowest BCUT2D eigenvalue weighted by Crippen LogP contribution is -2.48. The molecule has 0 aliphatic rings. The van der Waals surface area contributed by atoms with Gasteiger partial charge < -0.3 is 46.5 Å². The fraction of sp³-hybridized carbons (Fsp3) is 0.643. The van der Waals surface area contributed by atoms with E-state index in [0.717, 1.165) is 30.7 Å². The lowest BCUT2D eigenvalue weighted by Gasteiger charge is -2.21. The first kappa shape index (κ1) is 38.0. The van der Waals surface area contributed by atoms with Crippen molar-refractivity contribution >= 4 is 50.2 Å². The van der Waals surface area contributed by atoms with Gasteiger partial charge in [-0.15, -0.1) is 0 Å². The summed E-state index contributed by atoms with van der Waals surface area (Å²) in [4.78, 5) is 29.8. The lowest BCUT2D eigenvalue weighted by molar-refractivity contribution is -0.163. The summed E-state index contributed by atoms with van der Waals surface area (Å²) < 4.78 is 35.7. The average molecular weight is 531 g/mol. The van der Waals surface area contributed by atoms with Gasteiger partial charge in [-0.2, -0.15) is 8.42 Å². The van der Waals surface area contributed by atoms with Crippen molar-refractivity contribution < 1.29 is 62.2 Å². The van der Waals surface area contributed by atoms with Crippen LogP contribution in [0.3, 0.4) is 0 Å². The van der Waals surface area contributed by atoms with Crippen LogP contribution in [0.15, 0.2) is 12.7 Å². The second-order valence-electron chi connectivity index (χ2n) is 4.79. The molecule has 15 nitrogen and oxygen atoms in total. The van der Waals surface area contributed by atoms with Crippen molar-refractivity contribution in [3.05, 3.63) is 12.7 Å². The quantitative estimate of drug-likeness (QED) is 0.0315. The molecule has 0 saturated carbocycles. The fourth-order valence-corrected chi connectivity index (χ4v) is 2.63. The van der Waals surface area contributed by atoms with E-state index in [9.17, 15) is 14.4 Å². The van der Waals surface area contributed by atoms with Crippen LogP contribution < -0.4 is 11.5 Å². The Bertz CT molecular complexity index is 593. The maximum Gasteiger partial charge on any atom is 0.394 e. The number of hydrogen-bond acceptors (Lipinski definition) is 14. The van der Waals surface area contributed by atoms with Gasteiger partial charge in [0, 0.05) is 30.7 Å². The Morgan fingerprint density at radius 3 is 1.59 bits per heavy atom. The third-order valence-electron chi connectivity index (χ3n) is 2.27. The van der Waals surface area contributed by atoms with Crippen LogP contribution in [0.4, 0.5) is 0 Å². The number of carboxylic acid groups (broad SMARTS) is 1. The molecule has 192 valence electrons. The molecule has 0 aliphatic carbocycles. The minimum Gasteiger partial charge on any atom is -0.479 e. The van der Waals surface area contributed by atoms with Crippen LogP contribution in [-0.4, -0.2) is 117 Å². The molecule has 0 spiro atoms. The molecule has 32 heavy (non-hydrogen) atoms. The van der Waals surface area contributed by atoms with Crippen molar-refractivity contribution in [1.29, 1.82) is 0 Å². The van der Waals surface area contributed by atoms with Crippen LogP contribution >= 0.6 is 21.6 Å². The van der Waals surface area contributed by atoms with Gasteiger partial charge in [0.1, 0.15) is 18.3 Å². The van der Waals surface area contributed by atoms with Crippen molar-refractivity contribution in [2.45, 2.75) is 24.4 Å². The van der Waals surface area contributed by atoms with E-state index < -0.39 is 46.8 Å². The first-order valence-corrected chi connectivity index (χ1v) is 12.0.